The van der Waals surface area contributed by atoms with Gasteiger partial charge in [-0.2, -0.15) is 0 Å². The van der Waals surface area contributed by atoms with Crippen LogP contribution in [0.25, 0.3) is 0 Å². The van der Waals surface area contributed by atoms with Gasteiger partial charge in [0.1, 0.15) is 0 Å². The minimum Gasteiger partial charge on any atom is -0.381 e. The van der Waals surface area contributed by atoms with Crippen LogP contribution in [0.4, 0.5) is 20.2 Å². The first-order valence-electron chi connectivity index (χ1n) is 6.33. The van der Waals surface area contributed by atoms with E-state index in [2.05, 4.69) is 5.32 Å². The summed E-state index contributed by atoms with van der Waals surface area (Å²) in [4.78, 5) is 9.96. The Labute approximate surface area is 120 Å². The lowest BCUT2D eigenvalue weighted by Crippen LogP contribution is -2.03. The molecular weight excluding hydrogens is 278 g/mol. The predicted octanol–water partition coefficient (Wildman–Crippen LogP) is 4.45. The van der Waals surface area contributed by atoms with Crippen molar-refractivity contribution in [3.63, 3.8) is 0 Å². The molecule has 0 saturated carbocycles. The first-order chi connectivity index (χ1) is 9.97. The Hall–Kier alpha value is -2.50. The molecular formula is C15H14F2N2O2. The average Bonchev–Trinajstić information content (AvgIpc) is 2.44. The Morgan fingerprint density at radius 1 is 1.24 bits per heavy atom. The quantitative estimate of drug-likeness (QED) is 0.654. The predicted molar refractivity (Wildman–Crippen MR) is 76.6 cm³/mol. The molecule has 0 aliphatic rings. The van der Waals surface area contributed by atoms with Crippen LogP contribution in [0.5, 0.6) is 0 Å². The number of nitro groups is 1. The van der Waals surface area contributed by atoms with Crippen molar-refractivity contribution in [3.8, 4) is 0 Å². The second-order valence-corrected chi connectivity index (χ2v) is 4.67. The molecule has 0 saturated heterocycles. The SMILES string of the molecule is Cc1cccc(CNc2ccc([N+](=O)[O-])cc2C(F)F)c1. The first-order valence-corrected chi connectivity index (χ1v) is 6.33. The maximum Gasteiger partial charge on any atom is 0.270 e. The third-order valence-electron chi connectivity index (χ3n) is 3.05. The molecule has 0 unspecified atom stereocenters. The molecule has 6 heteroatoms. The fourth-order valence-electron chi connectivity index (χ4n) is 2.02. The molecule has 2 aromatic carbocycles. The maximum absolute atomic E-state index is 13.0. The number of aryl methyl sites for hydroxylation is 1. The van der Waals surface area contributed by atoms with Crippen molar-refractivity contribution < 1.29 is 13.7 Å². The molecule has 4 nitrogen and oxygen atoms in total. The molecule has 0 aliphatic carbocycles. The van der Waals surface area contributed by atoms with Crippen LogP contribution >= 0.6 is 0 Å². The highest BCUT2D eigenvalue weighted by molar-refractivity contribution is 5.56. The molecule has 0 heterocycles. The van der Waals surface area contributed by atoms with Gasteiger partial charge in [-0.3, -0.25) is 10.1 Å². The van der Waals surface area contributed by atoms with Crippen LogP contribution in [0.1, 0.15) is 23.1 Å². The molecule has 0 spiro atoms. The summed E-state index contributed by atoms with van der Waals surface area (Å²) in [6.07, 6.45) is -2.77. The molecule has 0 aromatic heterocycles. The summed E-state index contributed by atoms with van der Waals surface area (Å²) >= 11 is 0. The number of halogens is 2. The zero-order valence-electron chi connectivity index (χ0n) is 11.3. The Bertz CT molecular complexity index is 660. The third-order valence-corrected chi connectivity index (χ3v) is 3.05. The minimum absolute atomic E-state index is 0.206. The van der Waals surface area contributed by atoms with E-state index >= 15 is 0 Å². The largest absolute Gasteiger partial charge is 0.381 e. The fraction of sp³-hybridized carbons (Fsp3) is 0.200. The van der Waals surface area contributed by atoms with Gasteiger partial charge in [0, 0.05) is 29.9 Å². The molecule has 2 aromatic rings. The van der Waals surface area contributed by atoms with E-state index in [0.29, 0.717) is 6.54 Å². The summed E-state index contributed by atoms with van der Waals surface area (Å²) in [6.45, 7) is 2.32. The van der Waals surface area contributed by atoms with Crippen molar-refractivity contribution in [1.29, 1.82) is 0 Å². The molecule has 2 rings (SSSR count). The summed E-state index contributed by atoms with van der Waals surface area (Å²) in [6, 6.07) is 11.1. The maximum atomic E-state index is 13.0. The number of benzene rings is 2. The van der Waals surface area contributed by atoms with Crippen molar-refractivity contribution in [2.45, 2.75) is 19.9 Å². The molecule has 21 heavy (non-hydrogen) atoms. The van der Waals surface area contributed by atoms with Crippen LogP contribution in [-0.4, -0.2) is 4.92 Å². The highest BCUT2D eigenvalue weighted by Gasteiger charge is 2.17. The molecule has 0 fully saturated rings. The van der Waals surface area contributed by atoms with E-state index in [1.807, 2.05) is 31.2 Å². The zero-order valence-corrected chi connectivity index (χ0v) is 11.3. The van der Waals surface area contributed by atoms with E-state index < -0.39 is 11.3 Å². The van der Waals surface area contributed by atoms with Crippen molar-refractivity contribution in [3.05, 3.63) is 69.3 Å². The summed E-state index contributed by atoms with van der Waals surface area (Å²) in [5.74, 6) is 0. The van der Waals surface area contributed by atoms with Gasteiger partial charge in [0.05, 0.1) is 4.92 Å². The highest BCUT2D eigenvalue weighted by atomic mass is 19.3. The normalized spacial score (nSPS) is 10.7. The third kappa shape index (κ3) is 3.75. The fourth-order valence-corrected chi connectivity index (χ4v) is 2.02. The van der Waals surface area contributed by atoms with Gasteiger partial charge in [-0.25, -0.2) is 8.78 Å². The Morgan fingerprint density at radius 3 is 2.62 bits per heavy atom. The average molecular weight is 292 g/mol. The van der Waals surface area contributed by atoms with Crippen molar-refractivity contribution in [2.24, 2.45) is 0 Å². The van der Waals surface area contributed by atoms with Crippen LogP contribution in [-0.2, 0) is 6.54 Å². The van der Waals surface area contributed by atoms with E-state index in [4.69, 9.17) is 0 Å². The molecule has 0 aliphatic heterocycles. The number of hydrogen-bond acceptors (Lipinski definition) is 3. The highest BCUT2D eigenvalue weighted by Crippen LogP contribution is 2.31. The van der Waals surface area contributed by atoms with E-state index in [-0.39, 0.29) is 16.9 Å². The van der Waals surface area contributed by atoms with Gasteiger partial charge in [-0.1, -0.05) is 29.8 Å². The minimum atomic E-state index is -2.77. The lowest BCUT2D eigenvalue weighted by atomic mass is 10.1. The molecule has 110 valence electrons. The number of rotatable bonds is 5. The van der Waals surface area contributed by atoms with Crippen LogP contribution in [0.2, 0.25) is 0 Å². The van der Waals surface area contributed by atoms with Gasteiger partial charge in [0.15, 0.2) is 0 Å². The summed E-state index contributed by atoms with van der Waals surface area (Å²) in [5, 5.41) is 13.5. The van der Waals surface area contributed by atoms with E-state index in [9.17, 15) is 18.9 Å². The number of nitro benzene ring substituents is 1. The van der Waals surface area contributed by atoms with Gasteiger partial charge in [-0.15, -0.1) is 0 Å². The van der Waals surface area contributed by atoms with Gasteiger partial charge in [-0.05, 0) is 18.6 Å². The van der Waals surface area contributed by atoms with Gasteiger partial charge in [0.2, 0.25) is 0 Å². The Kier molecular flexibility index (Phi) is 4.47. The number of non-ortho nitro benzene ring substituents is 1. The Balaban J connectivity index is 2.21. The second kappa shape index (κ2) is 6.30. The number of hydrogen-bond donors (Lipinski definition) is 1. The number of alkyl halides is 2. The van der Waals surface area contributed by atoms with Crippen molar-refractivity contribution in [2.75, 3.05) is 5.32 Å². The molecule has 0 bridgehead atoms. The molecule has 0 radical (unpaired) electrons. The molecule has 0 atom stereocenters. The number of anilines is 1. The van der Waals surface area contributed by atoms with Crippen LogP contribution in [0.3, 0.4) is 0 Å². The smallest absolute Gasteiger partial charge is 0.270 e. The lowest BCUT2D eigenvalue weighted by molar-refractivity contribution is -0.385. The monoisotopic (exact) mass is 292 g/mol. The van der Waals surface area contributed by atoms with Crippen LogP contribution < -0.4 is 5.32 Å². The first kappa shape index (κ1) is 14.9. The number of nitrogens with zero attached hydrogens (tertiary/aromatic N) is 1. The van der Waals surface area contributed by atoms with Gasteiger partial charge >= 0.3 is 0 Å². The van der Waals surface area contributed by atoms with Crippen molar-refractivity contribution in [1.82, 2.24) is 0 Å². The van der Waals surface area contributed by atoms with Gasteiger partial charge in [0.25, 0.3) is 12.1 Å². The molecule has 0 amide bonds. The van der Waals surface area contributed by atoms with E-state index in [0.717, 1.165) is 17.2 Å². The topological polar surface area (TPSA) is 55.2 Å². The zero-order chi connectivity index (χ0) is 15.4. The summed E-state index contributed by atoms with van der Waals surface area (Å²) in [5.41, 5.74) is 1.53. The van der Waals surface area contributed by atoms with E-state index in [1.165, 1.54) is 12.1 Å². The van der Waals surface area contributed by atoms with Crippen molar-refractivity contribution >= 4 is 11.4 Å². The second-order valence-electron chi connectivity index (χ2n) is 4.67. The van der Waals surface area contributed by atoms with Crippen LogP contribution in [0, 0.1) is 17.0 Å². The lowest BCUT2D eigenvalue weighted by Gasteiger charge is -2.12. The Morgan fingerprint density at radius 2 is 2.00 bits per heavy atom. The van der Waals surface area contributed by atoms with E-state index in [1.54, 1.807) is 0 Å². The summed E-state index contributed by atoms with van der Waals surface area (Å²) in [7, 11) is 0. The molecule has 1 N–H and O–H groups in total. The standard InChI is InChI=1S/C15H14F2N2O2/c1-10-3-2-4-11(7-10)9-18-14-6-5-12(19(20)21)8-13(14)15(16)17/h2-8,15,18H,9H2,1H3. The number of nitrogens with one attached hydrogen (secondary N) is 1. The summed E-state index contributed by atoms with van der Waals surface area (Å²) < 4.78 is 26.0. The van der Waals surface area contributed by atoms with Crippen LogP contribution in [0.15, 0.2) is 42.5 Å². The van der Waals surface area contributed by atoms with Gasteiger partial charge < -0.3 is 5.32 Å².